The summed E-state index contributed by atoms with van der Waals surface area (Å²) >= 11 is 0. The van der Waals surface area contributed by atoms with Crippen molar-refractivity contribution >= 4 is 0 Å². The molecule has 1 aliphatic rings. The third-order valence-electron chi connectivity index (χ3n) is 2.61. The zero-order valence-electron chi connectivity index (χ0n) is 8.08. The van der Waals surface area contributed by atoms with Crippen molar-refractivity contribution in [2.75, 3.05) is 6.61 Å². The van der Waals surface area contributed by atoms with Gasteiger partial charge in [-0.15, -0.1) is 0 Å². The molecule has 0 fully saturated rings. The molecule has 2 N–H and O–H groups in total. The van der Waals surface area contributed by atoms with E-state index >= 15 is 0 Å². The summed E-state index contributed by atoms with van der Waals surface area (Å²) in [5, 5.41) is 0. The predicted octanol–water partition coefficient (Wildman–Crippen LogP) is 2.09. The highest BCUT2D eigenvalue weighted by atomic mass is 16.5. The second-order valence-corrected chi connectivity index (χ2v) is 3.71. The Morgan fingerprint density at radius 3 is 2.92 bits per heavy atom. The largest absolute Gasteiger partial charge is 0.372 e. The molecule has 2 heteroatoms. The fourth-order valence-electron chi connectivity index (χ4n) is 1.81. The van der Waals surface area contributed by atoms with Crippen LogP contribution in [0.4, 0.5) is 0 Å². The van der Waals surface area contributed by atoms with Crippen molar-refractivity contribution in [3.63, 3.8) is 0 Å². The van der Waals surface area contributed by atoms with Gasteiger partial charge in [0.25, 0.3) is 0 Å². The van der Waals surface area contributed by atoms with Crippen LogP contribution in [-0.4, -0.2) is 6.61 Å². The molecule has 1 aromatic rings. The van der Waals surface area contributed by atoms with Crippen LogP contribution >= 0.6 is 0 Å². The lowest BCUT2D eigenvalue weighted by molar-refractivity contribution is 0.0407. The minimum Gasteiger partial charge on any atom is -0.372 e. The van der Waals surface area contributed by atoms with Crippen molar-refractivity contribution < 1.29 is 4.74 Å². The van der Waals surface area contributed by atoms with Crippen LogP contribution in [0.3, 0.4) is 0 Å². The van der Waals surface area contributed by atoms with Crippen LogP contribution in [0.1, 0.15) is 35.8 Å². The number of nitrogens with two attached hydrogens (primary N) is 1. The molecule has 0 aromatic heterocycles. The molecule has 0 bridgehead atoms. The highest BCUT2D eigenvalue weighted by molar-refractivity contribution is 5.36. The van der Waals surface area contributed by atoms with E-state index in [2.05, 4.69) is 32.0 Å². The first-order chi connectivity index (χ1) is 6.18. The van der Waals surface area contributed by atoms with Crippen LogP contribution in [0.15, 0.2) is 18.2 Å². The summed E-state index contributed by atoms with van der Waals surface area (Å²) in [4.78, 5) is 0. The molecule has 1 heterocycles. The number of fused-ring (bicyclic) bond motifs is 1. The van der Waals surface area contributed by atoms with Crippen LogP contribution in [0.5, 0.6) is 0 Å². The minimum atomic E-state index is 0.0480. The zero-order valence-corrected chi connectivity index (χ0v) is 8.08. The van der Waals surface area contributed by atoms with Crippen molar-refractivity contribution in [3.8, 4) is 0 Å². The first-order valence-corrected chi connectivity index (χ1v) is 4.66. The molecule has 13 heavy (non-hydrogen) atoms. The Bertz CT molecular complexity index is 322. The highest BCUT2D eigenvalue weighted by Gasteiger charge is 2.22. The van der Waals surface area contributed by atoms with Gasteiger partial charge in [0.15, 0.2) is 0 Å². The zero-order chi connectivity index (χ0) is 9.42. The van der Waals surface area contributed by atoms with Crippen molar-refractivity contribution in [3.05, 3.63) is 34.9 Å². The van der Waals surface area contributed by atoms with Gasteiger partial charge < -0.3 is 10.5 Å². The maximum absolute atomic E-state index is 5.93. The molecule has 0 radical (unpaired) electrons. The van der Waals surface area contributed by atoms with E-state index < -0.39 is 0 Å². The molecule has 2 nitrogen and oxygen atoms in total. The topological polar surface area (TPSA) is 35.2 Å². The molecule has 0 aliphatic carbocycles. The second-order valence-electron chi connectivity index (χ2n) is 3.71. The molecular weight excluding hydrogens is 162 g/mol. The number of hydrogen-bond donors (Lipinski definition) is 1. The summed E-state index contributed by atoms with van der Waals surface area (Å²) in [7, 11) is 0. The van der Waals surface area contributed by atoms with Crippen LogP contribution in [0, 0.1) is 6.92 Å². The maximum Gasteiger partial charge on any atom is 0.0801 e. The lowest BCUT2D eigenvalue weighted by Crippen LogP contribution is -2.25. The number of benzene rings is 1. The SMILES string of the molecule is Cc1ccc2c(c1)C(C)OCC2N. The van der Waals surface area contributed by atoms with E-state index in [1.807, 2.05) is 0 Å². The van der Waals surface area contributed by atoms with E-state index in [1.165, 1.54) is 16.7 Å². The van der Waals surface area contributed by atoms with Gasteiger partial charge in [0.1, 0.15) is 0 Å². The smallest absolute Gasteiger partial charge is 0.0801 e. The fourth-order valence-corrected chi connectivity index (χ4v) is 1.81. The molecule has 70 valence electrons. The average Bonchev–Trinajstić information content (AvgIpc) is 2.12. The Balaban J connectivity index is 2.50. The molecule has 1 aliphatic heterocycles. The van der Waals surface area contributed by atoms with Gasteiger partial charge in [-0.1, -0.05) is 23.8 Å². The van der Waals surface area contributed by atoms with Gasteiger partial charge in [0.2, 0.25) is 0 Å². The minimum absolute atomic E-state index is 0.0480. The molecule has 2 rings (SSSR count). The van der Waals surface area contributed by atoms with Crippen molar-refractivity contribution in [1.29, 1.82) is 0 Å². The summed E-state index contributed by atoms with van der Waals surface area (Å²) in [6.07, 6.45) is 0.190. The van der Waals surface area contributed by atoms with Gasteiger partial charge >= 0.3 is 0 Å². The predicted molar refractivity (Wildman–Crippen MR) is 52.5 cm³/mol. The summed E-state index contributed by atoms with van der Waals surface area (Å²) in [6.45, 7) is 4.80. The second kappa shape index (κ2) is 3.13. The van der Waals surface area contributed by atoms with Crippen molar-refractivity contribution in [2.24, 2.45) is 5.73 Å². The average molecular weight is 177 g/mol. The fraction of sp³-hybridized carbons (Fsp3) is 0.455. The summed E-state index contributed by atoms with van der Waals surface area (Å²) in [6, 6.07) is 6.44. The Hall–Kier alpha value is -0.860. The monoisotopic (exact) mass is 177 g/mol. The number of aryl methyl sites for hydroxylation is 1. The normalized spacial score (nSPS) is 27.0. The van der Waals surface area contributed by atoms with Crippen molar-refractivity contribution in [2.45, 2.75) is 26.0 Å². The lowest BCUT2D eigenvalue weighted by atomic mass is 9.94. The molecule has 2 atom stereocenters. The Kier molecular flexibility index (Phi) is 2.10. The Morgan fingerprint density at radius 1 is 1.38 bits per heavy atom. The van der Waals surface area contributed by atoms with Gasteiger partial charge in [0, 0.05) is 0 Å². The quantitative estimate of drug-likeness (QED) is 0.658. The van der Waals surface area contributed by atoms with Crippen LogP contribution in [-0.2, 0) is 4.74 Å². The third-order valence-corrected chi connectivity index (χ3v) is 2.61. The summed E-state index contributed by atoms with van der Waals surface area (Å²) in [5.41, 5.74) is 9.69. The molecule has 0 amide bonds. The Morgan fingerprint density at radius 2 is 2.15 bits per heavy atom. The molecule has 0 saturated heterocycles. The van der Waals surface area contributed by atoms with E-state index in [9.17, 15) is 0 Å². The van der Waals surface area contributed by atoms with Gasteiger partial charge in [-0.25, -0.2) is 0 Å². The van der Waals surface area contributed by atoms with Crippen LogP contribution in [0.2, 0.25) is 0 Å². The van der Waals surface area contributed by atoms with Gasteiger partial charge in [-0.05, 0) is 25.0 Å². The van der Waals surface area contributed by atoms with E-state index in [-0.39, 0.29) is 12.1 Å². The van der Waals surface area contributed by atoms with E-state index in [0.29, 0.717) is 6.61 Å². The molecule has 0 saturated carbocycles. The van der Waals surface area contributed by atoms with Crippen LogP contribution < -0.4 is 5.73 Å². The first kappa shape index (κ1) is 8.73. The third kappa shape index (κ3) is 1.47. The van der Waals surface area contributed by atoms with E-state index in [0.717, 1.165) is 0 Å². The Labute approximate surface area is 78.7 Å². The van der Waals surface area contributed by atoms with Gasteiger partial charge in [-0.2, -0.15) is 0 Å². The first-order valence-electron chi connectivity index (χ1n) is 4.66. The van der Waals surface area contributed by atoms with Gasteiger partial charge in [0.05, 0.1) is 18.8 Å². The van der Waals surface area contributed by atoms with E-state index in [4.69, 9.17) is 10.5 Å². The lowest BCUT2D eigenvalue weighted by Gasteiger charge is -2.28. The molecule has 1 aromatic carbocycles. The highest BCUT2D eigenvalue weighted by Crippen LogP contribution is 2.31. The maximum atomic E-state index is 5.93. The van der Waals surface area contributed by atoms with E-state index in [1.54, 1.807) is 0 Å². The van der Waals surface area contributed by atoms with Crippen molar-refractivity contribution in [1.82, 2.24) is 0 Å². The van der Waals surface area contributed by atoms with Crippen LogP contribution in [0.25, 0.3) is 0 Å². The van der Waals surface area contributed by atoms with Gasteiger partial charge in [-0.3, -0.25) is 0 Å². The number of rotatable bonds is 0. The number of hydrogen-bond acceptors (Lipinski definition) is 2. The molecule has 2 unspecified atom stereocenters. The molecular formula is C11H15NO. The molecule has 0 spiro atoms. The number of ether oxygens (including phenoxy) is 1. The summed E-state index contributed by atoms with van der Waals surface area (Å²) < 4.78 is 5.55. The standard InChI is InChI=1S/C11H15NO/c1-7-3-4-9-10(5-7)8(2)13-6-11(9)12/h3-5,8,11H,6,12H2,1-2H3. The summed E-state index contributed by atoms with van der Waals surface area (Å²) in [5.74, 6) is 0.